The van der Waals surface area contributed by atoms with Crippen molar-refractivity contribution in [3.8, 4) is 0 Å². The van der Waals surface area contributed by atoms with Gasteiger partial charge >= 0.3 is 0 Å². The van der Waals surface area contributed by atoms with Crippen LogP contribution in [0.2, 0.25) is 0 Å². The largest absolute Gasteiger partial charge is 0.325 e. The normalized spacial score (nSPS) is 11.8. The molecule has 114 valence electrons. The summed E-state index contributed by atoms with van der Waals surface area (Å²) in [6, 6.07) is 15.0. The van der Waals surface area contributed by atoms with Crippen LogP contribution in [0.3, 0.4) is 0 Å². The highest BCUT2D eigenvalue weighted by Gasteiger charge is 2.15. The SMILES string of the molecule is CC(=O)c1ccc(SC(C)C(=O)Nc2ccccc2C)cc1. The molecule has 0 radical (unpaired) electrons. The molecule has 2 aromatic carbocycles. The summed E-state index contributed by atoms with van der Waals surface area (Å²) in [5, 5.41) is 2.73. The van der Waals surface area contributed by atoms with Gasteiger partial charge in [-0.05, 0) is 44.5 Å². The van der Waals surface area contributed by atoms with Gasteiger partial charge in [0.2, 0.25) is 5.91 Å². The molecule has 0 aliphatic rings. The molecule has 0 aromatic heterocycles. The molecular weight excluding hydrogens is 294 g/mol. The van der Waals surface area contributed by atoms with E-state index >= 15 is 0 Å². The minimum atomic E-state index is -0.220. The Hall–Kier alpha value is -2.07. The zero-order valence-electron chi connectivity index (χ0n) is 12.9. The minimum Gasteiger partial charge on any atom is -0.325 e. The molecule has 0 saturated carbocycles. The van der Waals surface area contributed by atoms with Gasteiger partial charge in [0.15, 0.2) is 5.78 Å². The van der Waals surface area contributed by atoms with Crippen molar-refractivity contribution in [1.82, 2.24) is 0 Å². The summed E-state index contributed by atoms with van der Waals surface area (Å²) in [5.41, 5.74) is 2.56. The number of rotatable bonds is 5. The van der Waals surface area contributed by atoms with E-state index in [0.29, 0.717) is 5.56 Å². The van der Waals surface area contributed by atoms with Gasteiger partial charge in [0.25, 0.3) is 0 Å². The van der Waals surface area contributed by atoms with Gasteiger partial charge in [-0.1, -0.05) is 30.3 Å². The fourth-order valence-corrected chi connectivity index (χ4v) is 2.84. The van der Waals surface area contributed by atoms with Crippen molar-refractivity contribution in [2.24, 2.45) is 0 Å². The second kappa shape index (κ2) is 7.27. The first-order chi connectivity index (χ1) is 10.5. The number of nitrogens with one attached hydrogen (secondary N) is 1. The van der Waals surface area contributed by atoms with Gasteiger partial charge in [-0.25, -0.2) is 0 Å². The van der Waals surface area contributed by atoms with Crippen LogP contribution in [0.4, 0.5) is 5.69 Å². The molecule has 0 spiro atoms. The number of ketones is 1. The fourth-order valence-electron chi connectivity index (χ4n) is 1.97. The molecule has 2 rings (SSSR count). The quantitative estimate of drug-likeness (QED) is 0.660. The van der Waals surface area contributed by atoms with Crippen molar-refractivity contribution in [2.75, 3.05) is 5.32 Å². The maximum absolute atomic E-state index is 12.3. The van der Waals surface area contributed by atoms with E-state index in [0.717, 1.165) is 16.1 Å². The summed E-state index contributed by atoms with van der Waals surface area (Å²) in [7, 11) is 0. The lowest BCUT2D eigenvalue weighted by Gasteiger charge is -2.13. The second-order valence-corrected chi connectivity index (χ2v) is 6.56. The second-order valence-electron chi connectivity index (χ2n) is 5.14. The molecule has 22 heavy (non-hydrogen) atoms. The molecule has 0 aliphatic carbocycles. The van der Waals surface area contributed by atoms with Crippen molar-refractivity contribution in [3.63, 3.8) is 0 Å². The maximum Gasteiger partial charge on any atom is 0.237 e. The molecule has 0 heterocycles. The summed E-state index contributed by atoms with van der Waals surface area (Å²) in [6.45, 7) is 5.38. The Morgan fingerprint density at radius 2 is 1.68 bits per heavy atom. The third kappa shape index (κ3) is 4.21. The Kier molecular flexibility index (Phi) is 5.39. The van der Waals surface area contributed by atoms with Gasteiger partial charge in [0.05, 0.1) is 5.25 Å². The van der Waals surface area contributed by atoms with E-state index < -0.39 is 0 Å². The number of thioether (sulfide) groups is 1. The van der Waals surface area contributed by atoms with Crippen LogP contribution in [-0.4, -0.2) is 16.9 Å². The number of carbonyl (C=O) groups is 2. The molecule has 0 saturated heterocycles. The summed E-state index contributed by atoms with van der Waals surface area (Å²) in [4.78, 5) is 24.5. The summed E-state index contributed by atoms with van der Waals surface area (Å²) in [5.74, 6) is 0.0110. The van der Waals surface area contributed by atoms with Gasteiger partial charge in [-0.2, -0.15) is 0 Å². The predicted molar refractivity (Wildman–Crippen MR) is 91.6 cm³/mol. The Morgan fingerprint density at radius 3 is 2.27 bits per heavy atom. The Morgan fingerprint density at radius 1 is 1.05 bits per heavy atom. The van der Waals surface area contributed by atoms with Gasteiger partial charge in [-0.3, -0.25) is 9.59 Å². The Bertz CT molecular complexity index is 680. The van der Waals surface area contributed by atoms with Crippen molar-refractivity contribution in [1.29, 1.82) is 0 Å². The molecule has 0 aliphatic heterocycles. The fraction of sp³-hybridized carbons (Fsp3) is 0.222. The zero-order valence-corrected chi connectivity index (χ0v) is 13.7. The predicted octanol–water partition coefficient (Wildman–Crippen LogP) is 4.32. The maximum atomic E-state index is 12.3. The van der Waals surface area contributed by atoms with Crippen molar-refractivity contribution in [2.45, 2.75) is 30.9 Å². The van der Waals surface area contributed by atoms with E-state index in [2.05, 4.69) is 5.32 Å². The van der Waals surface area contributed by atoms with E-state index in [1.807, 2.05) is 50.2 Å². The van der Waals surface area contributed by atoms with Crippen LogP contribution in [-0.2, 0) is 4.79 Å². The van der Waals surface area contributed by atoms with E-state index in [1.165, 1.54) is 11.8 Å². The van der Waals surface area contributed by atoms with E-state index in [4.69, 9.17) is 0 Å². The van der Waals surface area contributed by atoms with Crippen molar-refractivity contribution < 1.29 is 9.59 Å². The average Bonchev–Trinajstić information content (AvgIpc) is 2.50. The summed E-state index contributed by atoms with van der Waals surface area (Å²) in [6.07, 6.45) is 0. The van der Waals surface area contributed by atoms with Gasteiger partial charge in [0, 0.05) is 16.1 Å². The zero-order chi connectivity index (χ0) is 16.1. The highest BCUT2D eigenvalue weighted by Crippen LogP contribution is 2.25. The van der Waals surface area contributed by atoms with Crippen LogP contribution in [0, 0.1) is 6.92 Å². The number of hydrogen-bond acceptors (Lipinski definition) is 3. The third-order valence-corrected chi connectivity index (χ3v) is 4.46. The Labute approximate surface area is 135 Å². The number of carbonyl (C=O) groups excluding carboxylic acids is 2. The smallest absolute Gasteiger partial charge is 0.237 e. The standard InChI is InChI=1S/C18H19NO2S/c1-12-6-4-5-7-17(12)19-18(21)14(3)22-16-10-8-15(9-11-16)13(2)20/h4-11,14H,1-3H3,(H,19,21). The molecule has 1 amide bonds. The third-order valence-electron chi connectivity index (χ3n) is 3.35. The Balaban J connectivity index is 1.99. The highest BCUT2D eigenvalue weighted by atomic mass is 32.2. The average molecular weight is 313 g/mol. The van der Waals surface area contributed by atoms with Crippen LogP contribution >= 0.6 is 11.8 Å². The first-order valence-corrected chi connectivity index (χ1v) is 7.99. The molecule has 1 atom stereocenters. The number of para-hydroxylation sites is 1. The lowest BCUT2D eigenvalue weighted by atomic mass is 10.2. The first-order valence-electron chi connectivity index (χ1n) is 7.11. The van der Waals surface area contributed by atoms with Crippen molar-refractivity contribution in [3.05, 3.63) is 59.7 Å². The lowest BCUT2D eigenvalue weighted by Crippen LogP contribution is -2.22. The van der Waals surface area contributed by atoms with E-state index in [-0.39, 0.29) is 16.9 Å². The number of hydrogen-bond donors (Lipinski definition) is 1. The molecule has 1 unspecified atom stereocenters. The highest BCUT2D eigenvalue weighted by molar-refractivity contribution is 8.00. The van der Waals surface area contributed by atoms with Gasteiger partial charge < -0.3 is 5.32 Å². The van der Waals surface area contributed by atoms with Crippen LogP contribution in [0.5, 0.6) is 0 Å². The van der Waals surface area contributed by atoms with Gasteiger partial charge in [0.1, 0.15) is 0 Å². The lowest BCUT2D eigenvalue weighted by molar-refractivity contribution is -0.115. The van der Waals surface area contributed by atoms with E-state index in [1.54, 1.807) is 19.1 Å². The molecule has 4 heteroatoms. The summed E-state index contributed by atoms with van der Waals surface area (Å²) < 4.78 is 0. The number of Topliss-reactive ketones (excluding diaryl/α,β-unsaturated/α-hetero) is 1. The van der Waals surface area contributed by atoms with Gasteiger partial charge in [-0.15, -0.1) is 11.8 Å². The minimum absolute atomic E-state index is 0.0325. The van der Waals surface area contributed by atoms with Crippen LogP contribution in [0.15, 0.2) is 53.4 Å². The number of amides is 1. The van der Waals surface area contributed by atoms with Crippen LogP contribution in [0.25, 0.3) is 0 Å². The van der Waals surface area contributed by atoms with E-state index in [9.17, 15) is 9.59 Å². The number of aryl methyl sites for hydroxylation is 1. The molecular formula is C18H19NO2S. The molecule has 0 fully saturated rings. The molecule has 2 aromatic rings. The summed E-state index contributed by atoms with van der Waals surface area (Å²) >= 11 is 1.47. The number of anilines is 1. The molecule has 0 bridgehead atoms. The van der Waals surface area contributed by atoms with Crippen LogP contribution in [0.1, 0.15) is 29.8 Å². The molecule has 3 nitrogen and oxygen atoms in total. The molecule has 1 N–H and O–H groups in total. The number of benzene rings is 2. The van der Waals surface area contributed by atoms with Crippen molar-refractivity contribution >= 4 is 29.1 Å². The monoisotopic (exact) mass is 313 g/mol. The van der Waals surface area contributed by atoms with Crippen LogP contribution < -0.4 is 5.32 Å². The first kappa shape index (κ1) is 16.3. The topological polar surface area (TPSA) is 46.2 Å².